The number of anilines is 1. The molecule has 28 heavy (non-hydrogen) atoms. The molecular formula is C21H29N7. The molecule has 2 aromatic rings. The summed E-state index contributed by atoms with van der Waals surface area (Å²) >= 11 is 0. The van der Waals surface area contributed by atoms with Crippen LogP contribution in [0.4, 0.5) is 5.82 Å². The third-order valence-corrected chi connectivity index (χ3v) is 4.77. The summed E-state index contributed by atoms with van der Waals surface area (Å²) in [6.45, 7) is 13.1. The maximum Gasteiger partial charge on any atom is 0.234 e. The summed E-state index contributed by atoms with van der Waals surface area (Å²) in [6, 6.07) is 6.19. The molecule has 3 rings (SSSR count). The van der Waals surface area contributed by atoms with E-state index in [9.17, 15) is 0 Å². The number of hydrogen-bond acceptors (Lipinski definition) is 7. The van der Waals surface area contributed by atoms with Crippen molar-refractivity contribution in [3.63, 3.8) is 0 Å². The summed E-state index contributed by atoms with van der Waals surface area (Å²) in [5.41, 5.74) is 2.48. The minimum absolute atomic E-state index is 0.133. The van der Waals surface area contributed by atoms with Gasteiger partial charge < -0.3 is 5.32 Å². The normalized spacial score (nSPS) is 15.9. The number of pyridine rings is 1. The average Bonchev–Trinajstić information content (AvgIpc) is 2.69. The second kappa shape index (κ2) is 9.09. The third kappa shape index (κ3) is 5.98. The minimum atomic E-state index is 0.133. The molecule has 0 bridgehead atoms. The van der Waals surface area contributed by atoms with Gasteiger partial charge in [0.05, 0.1) is 0 Å². The number of rotatable bonds is 6. The molecule has 0 saturated carbocycles. The van der Waals surface area contributed by atoms with Gasteiger partial charge in [0.1, 0.15) is 11.9 Å². The summed E-state index contributed by atoms with van der Waals surface area (Å²) in [4.78, 5) is 17.6. The Morgan fingerprint density at radius 1 is 1.07 bits per heavy atom. The predicted molar refractivity (Wildman–Crippen MR) is 109 cm³/mol. The second-order valence-electron chi connectivity index (χ2n) is 8.50. The van der Waals surface area contributed by atoms with Crippen LogP contribution in [-0.2, 0) is 13.1 Å². The van der Waals surface area contributed by atoms with E-state index in [4.69, 9.17) is 5.26 Å². The molecule has 0 aliphatic carbocycles. The van der Waals surface area contributed by atoms with Crippen molar-refractivity contribution in [2.75, 3.05) is 38.0 Å². The first-order chi connectivity index (χ1) is 13.4. The molecule has 0 amide bonds. The molecule has 1 saturated heterocycles. The van der Waals surface area contributed by atoms with Crippen molar-refractivity contribution in [3.05, 3.63) is 47.7 Å². The van der Waals surface area contributed by atoms with Crippen molar-refractivity contribution < 1.29 is 0 Å². The summed E-state index contributed by atoms with van der Waals surface area (Å²) in [5, 5.41) is 12.5. The van der Waals surface area contributed by atoms with Crippen molar-refractivity contribution in [1.82, 2.24) is 24.8 Å². The van der Waals surface area contributed by atoms with E-state index >= 15 is 0 Å². The summed E-state index contributed by atoms with van der Waals surface area (Å²) < 4.78 is 0. The summed E-state index contributed by atoms with van der Waals surface area (Å²) in [6.07, 6.45) is 5.49. The molecule has 7 heteroatoms. The Bertz CT molecular complexity index is 800. The first kappa shape index (κ1) is 20.2. The van der Waals surface area contributed by atoms with Crippen LogP contribution in [0.15, 0.2) is 30.7 Å². The van der Waals surface area contributed by atoms with Crippen LogP contribution in [0.3, 0.4) is 0 Å². The van der Waals surface area contributed by atoms with Gasteiger partial charge in [-0.05, 0) is 23.1 Å². The largest absolute Gasteiger partial charge is 0.369 e. The molecule has 1 aliphatic heterocycles. The summed E-state index contributed by atoms with van der Waals surface area (Å²) in [7, 11) is 0. The molecule has 0 spiro atoms. The van der Waals surface area contributed by atoms with Crippen LogP contribution in [0.25, 0.3) is 0 Å². The second-order valence-corrected chi connectivity index (χ2v) is 8.50. The van der Waals surface area contributed by atoms with E-state index < -0.39 is 0 Å². The fourth-order valence-electron chi connectivity index (χ4n) is 3.17. The Labute approximate surface area is 167 Å². The quantitative estimate of drug-likeness (QED) is 0.826. The van der Waals surface area contributed by atoms with Crippen molar-refractivity contribution in [1.29, 1.82) is 5.26 Å². The van der Waals surface area contributed by atoms with E-state index in [-0.39, 0.29) is 11.2 Å². The van der Waals surface area contributed by atoms with Gasteiger partial charge in [0.25, 0.3) is 0 Å². The first-order valence-electron chi connectivity index (χ1n) is 9.76. The Hall–Kier alpha value is -2.56. The zero-order chi connectivity index (χ0) is 20.0. The number of piperazine rings is 1. The molecule has 3 heterocycles. The molecule has 148 valence electrons. The Morgan fingerprint density at radius 3 is 2.32 bits per heavy atom. The van der Waals surface area contributed by atoms with Crippen molar-refractivity contribution in [2.45, 2.75) is 33.9 Å². The highest BCUT2D eigenvalue weighted by atomic mass is 15.3. The lowest BCUT2D eigenvalue weighted by Crippen LogP contribution is -2.45. The van der Waals surface area contributed by atoms with Gasteiger partial charge in [0, 0.05) is 70.0 Å². The van der Waals surface area contributed by atoms with Crippen LogP contribution < -0.4 is 5.32 Å². The van der Waals surface area contributed by atoms with Gasteiger partial charge in [0.2, 0.25) is 5.82 Å². The molecule has 0 radical (unpaired) electrons. The van der Waals surface area contributed by atoms with Gasteiger partial charge in [-0.2, -0.15) is 5.26 Å². The van der Waals surface area contributed by atoms with E-state index in [0.717, 1.165) is 57.2 Å². The van der Waals surface area contributed by atoms with Gasteiger partial charge >= 0.3 is 0 Å². The highest BCUT2D eigenvalue weighted by molar-refractivity contribution is 5.44. The third-order valence-electron chi connectivity index (χ3n) is 4.77. The van der Waals surface area contributed by atoms with E-state index in [1.54, 1.807) is 6.20 Å². The molecule has 0 unspecified atom stereocenters. The standard InChI is InChI=1S/C21H29N7/c1-21(2,3)16-25-20-18(13-24-19(12-22)26-20)15-28-10-8-27(9-11-28)14-17-4-6-23-7-5-17/h4-7,13H,8-11,14-16H2,1-3H3,(H,24,25,26). The molecule has 0 aromatic carbocycles. The zero-order valence-electron chi connectivity index (χ0n) is 17.0. The minimum Gasteiger partial charge on any atom is -0.369 e. The maximum absolute atomic E-state index is 9.13. The molecular weight excluding hydrogens is 350 g/mol. The van der Waals surface area contributed by atoms with E-state index in [2.05, 4.69) is 63.0 Å². The highest BCUT2D eigenvalue weighted by Crippen LogP contribution is 2.19. The molecule has 2 aromatic heterocycles. The fraction of sp³-hybridized carbons (Fsp3) is 0.524. The fourth-order valence-corrected chi connectivity index (χ4v) is 3.17. The van der Waals surface area contributed by atoms with Gasteiger partial charge in [-0.3, -0.25) is 14.8 Å². The zero-order valence-corrected chi connectivity index (χ0v) is 17.0. The monoisotopic (exact) mass is 379 g/mol. The Kier molecular flexibility index (Phi) is 6.55. The molecule has 1 fully saturated rings. The molecule has 0 atom stereocenters. The van der Waals surface area contributed by atoms with Crippen molar-refractivity contribution in [3.8, 4) is 6.07 Å². The van der Waals surface area contributed by atoms with Crippen LogP contribution in [0.2, 0.25) is 0 Å². The van der Waals surface area contributed by atoms with Crippen LogP contribution >= 0.6 is 0 Å². The van der Waals surface area contributed by atoms with Crippen LogP contribution in [-0.4, -0.2) is 57.5 Å². The SMILES string of the molecule is CC(C)(C)CNc1nc(C#N)ncc1CN1CCN(Cc2ccncc2)CC1. The highest BCUT2D eigenvalue weighted by Gasteiger charge is 2.20. The van der Waals surface area contributed by atoms with Gasteiger partial charge in [0.15, 0.2) is 0 Å². The number of nitriles is 1. The van der Waals surface area contributed by atoms with Crippen LogP contribution in [0.5, 0.6) is 0 Å². The number of nitrogens with one attached hydrogen (secondary N) is 1. The van der Waals surface area contributed by atoms with E-state index in [1.165, 1.54) is 5.56 Å². The van der Waals surface area contributed by atoms with Crippen molar-refractivity contribution >= 4 is 5.82 Å². The van der Waals surface area contributed by atoms with Gasteiger partial charge in [-0.1, -0.05) is 20.8 Å². The first-order valence-corrected chi connectivity index (χ1v) is 9.76. The molecule has 1 N–H and O–H groups in total. The lowest BCUT2D eigenvalue weighted by atomic mass is 9.97. The predicted octanol–water partition coefficient (Wildman–Crippen LogP) is 2.52. The van der Waals surface area contributed by atoms with Crippen LogP contribution in [0, 0.1) is 16.7 Å². The molecule has 1 aliphatic rings. The van der Waals surface area contributed by atoms with Crippen molar-refractivity contribution in [2.24, 2.45) is 5.41 Å². The number of nitrogens with zero attached hydrogens (tertiary/aromatic N) is 6. The number of aromatic nitrogens is 3. The van der Waals surface area contributed by atoms with E-state index in [1.807, 2.05) is 18.5 Å². The van der Waals surface area contributed by atoms with E-state index in [0.29, 0.717) is 0 Å². The molecule has 7 nitrogen and oxygen atoms in total. The maximum atomic E-state index is 9.13. The Morgan fingerprint density at radius 2 is 1.71 bits per heavy atom. The van der Waals surface area contributed by atoms with Gasteiger partial charge in [-0.15, -0.1) is 0 Å². The average molecular weight is 380 g/mol. The lowest BCUT2D eigenvalue weighted by Gasteiger charge is -2.35. The van der Waals surface area contributed by atoms with Crippen LogP contribution in [0.1, 0.15) is 37.7 Å². The lowest BCUT2D eigenvalue weighted by molar-refractivity contribution is 0.122. The van der Waals surface area contributed by atoms with Gasteiger partial charge in [-0.25, -0.2) is 9.97 Å². The topological polar surface area (TPSA) is 81.0 Å². The number of hydrogen-bond donors (Lipinski definition) is 1. The Balaban J connectivity index is 1.58. The summed E-state index contributed by atoms with van der Waals surface area (Å²) in [5.74, 6) is 0.989. The smallest absolute Gasteiger partial charge is 0.234 e.